The van der Waals surface area contributed by atoms with E-state index in [9.17, 15) is 0 Å². The van der Waals surface area contributed by atoms with E-state index in [1.807, 2.05) is 0 Å². The number of fused-ring (bicyclic) bond motifs is 1. The molecule has 1 aliphatic carbocycles. The molecule has 1 saturated heterocycles. The molecule has 21 heavy (non-hydrogen) atoms. The normalized spacial score (nSPS) is 24.0. The number of hydrogen-bond acceptors (Lipinski definition) is 2. The Balaban J connectivity index is 1.48. The van der Waals surface area contributed by atoms with Crippen LogP contribution in [-0.2, 0) is 6.42 Å². The molecule has 0 bridgehead atoms. The minimum atomic E-state index is 0.587. The van der Waals surface area contributed by atoms with Gasteiger partial charge in [-0.15, -0.1) is 0 Å². The predicted molar refractivity (Wildman–Crippen MR) is 89.7 cm³/mol. The van der Waals surface area contributed by atoms with Gasteiger partial charge in [-0.05, 0) is 69.3 Å². The summed E-state index contributed by atoms with van der Waals surface area (Å²) in [5.74, 6) is 0.747. The number of rotatable bonds is 5. The monoisotopic (exact) mass is 286 g/mol. The first-order chi connectivity index (χ1) is 10.2. The average Bonchev–Trinajstić information content (AvgIpc) is 2.88. The van der Waals surface area contributed by atoms with Gasteiger partial charge in [0.2, 0.25) is 0 Å². The Morgan fingerprint density at radius 2 is 2.05 bits per heavy atom. The third-order valence-corrected chi connectivity index (χ3v) is 5.11. The summed E-state index contributed by atoms with van der Waals surface area (Å²) in [7, 11) is 0. The number of piperidine rings is 1. The quantitative estimate of drug-likeness (QED) is 0.888. The summed E-state index contributed by atoms with van der Waals surface area (Å²) in [5, 5.41) is 3.83. The van der Waals surface area contributed by atoms with E-state index in [4.69, 9.17) is 0 Å². The molecular formula is C19H30N2. The van der Waals surface area contributed by atoms with Crippen molar-refractivity contribution in [3.05, 3.63) is 34.9 Å². The second-order valence-corrected chi connectivity index (χ2v) is 7.17. The molecule has 0 aromatic heterocycles. The molecular weight excluding hydrogens is 256 g/mol. The fraction of sp³-hybridized carbons (Fsp3) is 0.684. The summed E-state index contributed by atoms with van der Waals surface area (Å²) < 4.78 is 0. The van der Waals surface area contributed by atoms with E-state index in [1.54, 1.807) is 11.1 Å². The molecule has 2 heteroatoms. The molecule has 2 aliphatic rings. The SMILES string of the molecule is Cc1ccc2c(c1)C(NCC(C)CN1CCCCC1)CC2. The van der Waals surface area contributed by atoms with Gasteiger partial charge in [0.25, 0.3) is 0 Å². The number of hydrogen-bond donors (Lipinski definition) is 1. The largest absolute Gasteiger partial charge is 0.310 e. The molecule has 1 aromatic rings. The highest BCUT2D eigenvalue weighted by Gasteiger charge is 2.22. The van der Waals surface area contributed by atoms with Crippen molar-refractivity contribution in [1.82, 2.24) is 10.2 Å². The molecule has 1 aliphatic heterocycles. The van der Waals surface area contributed by atoms with E-state index in [0.717, 1.165) is 12.5 Å². The summed E-state index contributed by atoms with van der Waals surface area (Å²) >= 11 is 0. The number of aryl methyl sites for hydroxylation is 2. The number of nitrogens with one attached hydrogen (secondary N) is 1. The molecule has 116 valence electrons. The highest BCUT2D eigenvalue weighted by Crippen LogP contribution is 2.31. The van der Waals surface area contributed by atoms with Crippen LogP contribution in [0.4, 0.5) is 0 Å². The van der Waals surface area contributed by atoms with Crippen molar-refractivity contribution < 1.29 is 0 Å². The van der Waals surface area contributed by atoms with Crippen LogP contribution in [0.2, 0.25) is 0 Å². The van der Waals surface area contributed by atoms with E-state index in [0.29, 0.717) is 6.04 Å². The van der Waals surface area contributed by atoms with Crippen LogP contribution in [0.1, 0.15) is 55.3 Å². The minimum absolute atomic E-state index is 0.587. The Kier molecular flexibility index (Phi) is 4.97. The zero-order valence-corrected chi connectivity index (χ0v) is 13.7. The maximum Gasteiger partial charge on any atom is 0.0326 e. The van der Waals surface area contributed by atoms with Crippen molar-refractivity contribution in [2.75, 3.05) is 26.2 Å². The van der Waals surface area contributed by atoms with E-state index in [2.05, 4.69) is 42.3 Å². The van der Waals surface area contributed by atoms with Gasteiger partial charge in [-0.1, -0.05) is 37.1 Å². The number of benzene rings is 1. The molecule has 0 saturated carbocycles. The lowest BCUT2D eigenvalue weighted by molar-refractivity contribution is 0.197. The van der Waals surface area contributed by atoms with Gasteiger partial charge in [-0.2, -0.15) is 0 Å². The van der Waals surface area contributed by atoms with Crippen molar-refractivity contribution in [3.63, 3.8) is 0 Å². The second kappa shape index (κ2) is 6.93. The van der Waals surface area contributed by atoms with E-state index in [1.165, 1.54) is 57.3 Å². The van der Waals surface area contributed by atoms with Crippen LogP contribution in [0.5, 0.6) is 0 Å². The van der Waals surface area contributed by atoms with Crippen molar-refractivity contribution >= 4 is 0 Å². The van der Waals surface area contributed by atoms with Crippen molar-refractivity contribution in [2.45, 2.75) is 52.0 Å². The van der Waals surface area contributed by atoms with Crippen LogP contribution < -0.4 is 5.32 Å². The van der Waals surface area contributed by atoms with Crippen LogP contribution in [-0.4, -0.2) is 31.1 Å². The molecule has 2 atom stereocenters. The molecule has 2 unspecified atom stereocenters. The Morgan fingerprint density at radius 1 is 1.24 bits per heavy atom. The topological polar surface area (TPSA) is 15.3 Å². The predicted octanol–water partition coefficient (Wildman–Crippen LogP) is 3.69. The molecule has 0 radical (unpaired) electrons. The number of nitrogens with zero attached hydrogens (tertiary/aromatic N) is 1. The van der Waals surface area contributed by atoms with E-state index < -0.39 is 0 Å². The van der Waals surface area contributed by atoms with Crippen LogP contribution in [0.25, 0.3) is 0 Å². The molecule has 0 spiro atoms. The Labute approximate surface area is 129 Å². The molecule has 3 rings (SSSR count). The second-order valence-electron chi connectivity index (χ2n) is 7.17. The molecule has 1 fully saturated rings. The zero-order valence-electron chi connectivity index (χ0n) is 13.7. The van der Waals surface area contributed by atoms with Gasteiger partial charge >= 0.3 is 0 Å². The Bertz CT molecular complexity index is 463. The Morgan fingerprint density at radius 3 is 2.86 bits per heavy atom. The van der Waals surface area contributed by atoms with Crippen molar-refractivity contribution in [3.8, 4) is 0 Å². The molecule has 1 N–H and O–H groups in total. The third-order valence-electron chi connectivity index (χ3n) is 5.11. The maximum atomic E-state index is 3.83. The van der Waals surface area contributed by atoms with Gasteiger partial charge < -0.3 is 10.2 Å². The summed E-state index contributed by atoms with van der Waals surface area (Å²) in [6.07, 6.45) is 6.75. The van der Waals surface area contributed by atoms with Gasteiger partial charge in [0.05, 0.1) is 0 Å². The number of likely N-dealkylation sites (tertiary alicyclic amines) is 1. The van der Waals surface area contributed by atoms with E-state index in [-0.39, 0.29) is 0 Å². The molecule has 0 amide bonds. The molecule has 2 nitrogen and oxygen atoms in total. The van der Waals surface area contributed by atoms with Gasteiger partial charge in [0.15, 0.2) is 0 Å². The van der Waals surface area contributed by atoms with E-state index >= 15 is 0 Å². The average molecular weight is 286 g/mol. The van der Waals surface area contributed by atoms with Crippen molar-refractivity contribution in [2.24, 2.45) is 5.92 Å². The first-order valence-corrected chi connectivity index (χ1v) is 8.77. The molecule has 1 heterocycles. The smallest absolute Gasteiger partial charge is 0.0326 e. The van der Waals surface area contributed by atoms with Gasteiger partial charge in [0, 0.05) is 12.6 Å². The standard InChI is InChI=1S/C19H30N2/c1-15-6-7-17-8-9-19(18(17)12-15)20-13-16(2)14-21-10-4-3-5-11-21/h6-7,12,16,19-20H,3-5,8-11,13-14H2,1-2H3. The lowest BCUT2D eigenvalue weighted by atomic mass is 10.0. The highest BCUT2D eigenvalue weighted by molar-refractivity contribution is 5.37. The zero-order chi connectivity index (χ0) is 14.7. The summed E-state index contributed by atoms with van der Waals surface area (Å²) in [5.41, 5.74) is 4.51. The van der Waals surface area contributed by atoms with Crippen LogP contribution in [0, 0.1) is 12.8 Å². The third kappa shape index (κ3) is 3.87. The first kappa shape index (κ1) is 15.1. The van der Waals surface area contributed by atoms with Crippen LogP contribution in [0.3, 0.4) is 0 Å². The summed E-state index contributed by atoms with van der Waals surface area (Å²) in [6, 6.07) is 7.54. The Hall–Kier alpha value is -0.860. The summed E-state index contributed by atoms with van der Waals surface area (Å²) in [6.45, 7) is 9.64. The highest BCUT2D eigenvalue weighted by atomic mass is 15.1. The fourth-order valence-electron chi connectivity index (χ4n) is 3.92. The van der Waals surface area contributed by atoms with Gasteiger partial charge in [-0.3, -0.25) is 0 Å². The van der Waals surface area contributed by atoms with Crippen LogP contribution >= 0.6 is 0 Å². The lowest BCUT2D eigenvalue weighted by Gasteiger charge is -2.29. The van der Waals surface area contributed by atoms with Crippen LogP contribution in [0.15, 0.2) is 18.2 Å². The van der Waals surface area contributed by atoms with Crippen molar-refractivity contribution in [1.29, 1.82) is 0 Å². The van der Waals surface area contributed by atoms with Gasteiger partial charge in [-0.25, -0.2) is 0 Å². The molecule has 1 aromatic carbocycles. The fourth-order valence-corrected chi connectivity index (χ4v) is 3.92. The summed E-state index contributed by atoms with van der Waals surface area (Å²) in [4.78, 5) is 2.66. The lowest BCUT2D eigenvalue weighted by Crippen LogP contribution is -2.37. The minimum Gasteiger partial charge on any atom is -0.310 e. The van der Waals surface area contributed by atoms with Gasteiger partial charge in [0.1, 0.15) is 0 Å². The first-order valence-electron chi connectivity index (χ1n) is 8.77. The maximum absolute atomic E-state index is 3.83.